The van der Waals surface area contributed by atoms with E-state index in [0.29, 0.717) is 23.0 Å². The molecule has 0 saturated heterocycles. The van der Waals surface area contributed by atoms with Crippen LogP contribution in [0.25, 0.3) is 10.9 Å². The van der Waals surface area contributed by atoms with E-state index in [2.05, 4.69) is 11.4 Å². The maximum atomic E-state index is 11.9. The molecule has 1 aliphatic heterocycles. The van der Waals surface area contributed by atoms with Crippen molar-refractivity contribution in [3.05, 3.63) is 32.9 Å². The lowest BCUT2D eigenvalue weighted by Gasteiger charge is -2.08. The molecule has 0 bridgehead atoms. The lowest BCUT2D eigenvalue weighted by atomic mass is 10.00. The SMILES string of the molecule is CCO.Cn1c2c(c3c(CC#N)cc(Cl)c(Cl)c31)CC(=O)NCC2. The first-order chi connectivity index (χ1) is 11.5. The third-order valence-corrected chi connectivity index (χ3v) is 4.74. The fraction of sp³-hybridized carbons (Fsp3) is 0.412. The van der Waals surface area contributed by atoms with Crippen molar-refractivity contribution in [1.82, 2.24) is 9.88 Å². The van der Waals surface area contributed by atoms with Crippen LogP contribution >= 0.6 is 23.2 Å². The van der Waals surface area contributed by atoms with Gasteiger partial charge in [0.05, 0.1) is 34.5 Å². The number of nitrogens with zero attached hydrogens (tertiary/aromatic N) is 2. The number of halogens is 2. The van der Waals surface area contributed by atoms with E-state index in [1.54, 1.807) is 13.0 Å². The molecule has 0 atom stereocenters. The topological polar surface area (TPSA) is 78.1 Å². The number of aryl methyl sites for hydroxylation is 1. The predicted octanol–water partition coefficient (Wildman–Crippen LogP) is 2.76. The molecule has 1 aromatic carbocycles. The van der Waals surface area contributed by atoms with Crippen LogP contribution in [0.2, 0.25) is 10.0 Å². The summed E-state index contributed by atoms with van der Waals surface area (Å²) < 4.78 is 2.00. The molecular formula is C17H19Cl2N3O2. The van der Waals surface area contributed by atoms with Gasteiger partial charge in [-0.2, -0.15) is 5.26 Å². The number of nitrogens with one attached hydrogen (secondary N) is 1. The second kappa shape index (κ2) is 7.89. The zero-order valence-corrected chi connectivity index (χ0v) is 15.1. The molecule has 1 amide bonds. The first-order valence-electron chi connectivity index (χ1n) is 7.67. The number of aromatic nitrogens is 1. The van der Waals surface area contributed by atoms with Crippen molar-refractivity contribution in [2.45, 2.75) is 26.2 Å². The number of hydrogen-bond acceptors (Lipinski definition) is 3. The van der Waals surface area contributed by atoms with Crippen LogP contribution < -0.4 is 5.32 Å². The Morgan fingerprint density at radius 2 is 2.12 bits per heavy atom. The molecule has 0 spiro atoms. The highest BCUT2D eigenvalue weighted by Crippen LogP contribution is 2.39. The lowest BCUT2D eigenvalue weighted by Crippen LogP contribution is -2.24. The largest absolute Gasteiger partial charge is 0.397 e. The van der Waals surface area contributed by atoms with Crippen molar-refractivity contribution in [1.29, 1.82) is 5.26 Å². The first kappa shape index (κ1) is 18.6. The fourth-order valence-electron chi connectivity index (χ4n) is 3.07. The van der Waals surface area contributed by atoms with Gasteiger partial charge in [-0.3, -0.25) is 4.79 Å². The highest BCUT2D eigenvalue weighted by Gasteiger charge is 2.25. The van der Waals surface area contributed by atoms with Crippen LogP contribution in [0.3, 0.4) is 0 Å². The van der Waals surface area contributed by atoms with Crippen LogP contribution in [-0.4, -0.2) is 28.7 Å². The quantitative estimate of drug-likeness (QED) is 0.813. The summed E-state index contributed by atoms with van der Waals surface area (Å²) in [7, 11) is 1.93. The summed E-state index contributed by atoms with van der Waals surface area (Å²) in [6.07, 6.45) is 1.29. The van der Waals surface area contributed by atoms with Gasteiger partial charge in [0.2, 0.25) is 5.91 Å². The number of fused-ring (bicyclic) bond motifs is 3. The first-order valence-corrected chi connectivity index (χ1v) is 8.43. The summed E-state index contributed by atoms with van der Waals surface area (Å²) >= 11 is 12.6. The van der Waals surface area contributed by atoms with Crippen LogP contribution in [0.5, 0.6) is 0 Å². The van der Waals surface area contributed by atoms with Crippen LogP contribution in [0, 0.1) is 11.3 Å². The Labute approximate surface area is 150 Å². The number of benzene rings is 1. The number of hydrogen-bond donors (Lipinski definition) is 2. The number of rotatable bonds is 1. The number of amides is 1. The van der Waals surface area contributed by atoms with E-state index in [4.69, 9.17) is 33.6 Å². The van der Waals surface area contributed by atoms with E-state index >= 15 is 0 Å². The van der Waals surface area contributed by atoms with Crippen molar-refractivity contribution in [3.8, 4) is 6.07 Å². The molecule has 0 aliphatic carbocycles. The van der Waals surface area contributed by atoms with E-state index < -0.39 is 0 Å². The highest BCUT2D eigenvalue weighted by atomic mass is 35.5. The van der Waals surface area contributed by atoms with Gasteiger partial charge < -0.3 is 15.0 Å². The average Bonchev–Trinajstić information content (AvgIpc) is 2.68. The van der Waals surface area contributed by atoms with Gasteiger partial charge in [0, 0.05) is 37.7 Å². The van der Waals surface area contributed by atoms with E-state index in [9.17, 15) is 4.79 Å². The standard InChI is InChI=1S/C15H13Cl2N3O.C2H6O/c1-20-11-3-5-19-12(21)7-9(11)13-8(2-4-18)6-10(16)14(17)15(13)20;1-2-3/h6H,2-3,5,7H2,1H3,(H,19,21);3H,2H2,1H3. The molecule has 24 heavy (non-hydrogen) atoms. The van der Waals surface area contributed by atoms with E-state index in [1.165, 1.54) is 0 Å². The van der Waals surface area contributed by atoms with Crippen molar-refractivity contribution >= 4 is 40.0 Å². The van der Waals surface area contributed by atoms with Crippen molar-refractivity contribution in [2.24, 2.45) is 7.05 Å². The number of carbonyl (C=O) groups excluding carboxylic acids is 1. The summed E-state index contributed by atoms with van der Waals surface area (Å²) in [5.41, 5.74) is 3.68. The Morgan fingerprint density at radius 1 is 1.46 bits per heavy atom. The zero-order chi connectivity index (χ0) is 17.9. The molecule has 0 fully saturated rings. The van der Waals surface area contributed by atoms with Crippen LogP contribution in [0.1, 0.15) is 23.7 Å². The second-order valence-corrected chi connectivity index (χ2v) is 6.25. The number of aliphatic hydroxyl groups excluding tert-OH is 1. The Kier molecular flexibility index (Phi) is 6.11. The Balaban J connectivity index is 0.000000647. The van der Waals surface area contributed by atoms with Crippen LogP contribution in [0.4, 0.5) is 0 Å². The molecule has 1 aliphatic rings. The van der Waals surface area contributed by atoms with Gasteiger partial charge in [0.15, 0.2) is 0 Å². The minimum Gasteiger partial charge on any atom is -0.397 e. The summed E-state index contributed by atoms with van der Waals surface area (Å²) in [4.78, 5) is 11.9. The van der Waals surface area contributed by atoms with Gasteiger partial charge in [0.25, 0.3) is 0 Å². The van der Waals surface area contributed by atoms with Crippen LogP contribution in [0.15, 0.2) is 6.07 Å². The van der Waals surface area contributed by atoms with Gasteiger partial charge in [-0.15, -0.1) is 0 Å². The summed E-state index contributed by atoms with van der Waals surface area (Å²) in [6, 6.07) is 3.89. The molecule has 3 rings (SSSR count). The highest BCUT2D eigenvalue weighted by molar-refractivity contribution is 6.45. The molecule has 2 aromatic rings. The van der Waals surface area contributed by atoms with E-state index in [0.717, 1.165) is 34.1 Å². The van der Waals surface area contributed by atoms with E-state index in [1.807, 2.05) is 11.6 Å². The maximum Gasteiger partial charge on any atom is 0.224 e. The molecule has 128 valence electrons. The zero-order valence-electron chi connectivity index (χ0n) is 13.6. The van der Waals surface area contributed by atoms with Crippen molar-refractivity contribution < 1.29 is 9.90 Å². The minimum atomic E-state index is -0.00442. The normalized spacial score (nSPS) is 13.4. The third-order valence-electron chi connectivity index (χ3n) is 3.96. The molecule has 5 nitrogen and oxygen atoms in total. The second-order valence-electron chi connectivity index (χ2n) is 5.47. The Bertz CT molecular complexity index is 822. The van der Waals surface area contributed by atoms with Crippen molar-refractivity contribution in [2.75, 3.05) is 13.2 Å². The molecule has 2 heterocycles. The van der Waals surface area contributed by atoms with Crippen LogP contribution in [-0.2, 0) is 31.1 Å². The molecular weight excluding hydrogens is 349 g/mol. The number of aliphatic hydroxyl groups is 1. The molecule has 0 radical (unpaired) electrons. The Hall–Kier alpha value is -1.74. The van der Waals surface area contributed by atoms with Gasteiger partial charge >= 0.3 is 0 Å². The molecule has 2 N–H and O–H groups in total. The number of nitriles is 1. The summed E-state index contributed by atoms with van der Waals surface area (Å²) in [5.74, 6) is -0.00442. The minimum absolute atomic E-state index is 0.00442. The molecule has 7 heteroatoms. The molecule has 0 saturated carbocycles. The average molecular weight is 368 g/mol. The monoisotopic (exact) mass is 367 g/mol. The smallest absolute Gasteiger partial charge is 0.224 e. The summed E-state index contributed by atoms with van der Waals surface area (Å²) in [5, 5.41) is 21.3. The number of carbonyl (C=O) groups is 1. The lowest BCUT2D eigenvalue weighted by molar-refractivity contribution is -0.120. The van der Waals surface area contributed by atoms with Gasteiger partial charge in [-0.25, -0.2) is 0 Å². The third kappa shape index (κ3) is 3.36. The predicted molar refractivity (Wildman–Crippen MR) is 95.4 cm³/mol. The summed E-state index contributed by atoms with van der Waals surface area (Å²) in [6.45, 7) is 2.54. The Morgan fingerprint density at radius 3 is 2.75 bits per heavy atom. The van der Waals surface area contributed by atoms with E-state index in [-0.39, 0.29) is 18.9 Å². The van der Waals surface area contributed by atoms with Gasteiger partial charge in [0.1, 0.15) is 0 Å². The van der Waals surface area contributed by atoms with Crippen molar-refractivity contribution in [3.63, 3.8) is 0 Å². The fourth-order valence-corrected chi connectivity index (χ4v) is 3.57. The van der Waals surface area contributed by atoms with Gasteiger partial charge in [-0.1, -0.05) is 23.2 Å². The maximum absolute atomic E-state index is 11.9. The molecule has 0 unspecified atom stereocenters. The molecule has 1 aromatic heterocycles. The van der Waals surface area contributed by atoms with Gasteiger partial charge in [-0.05, 0) is 24.1 Å².